The van der Waals surface area contributed by atoms with E-state index in [4.69, 9.17) is 0 Å². The Morgan fingerprint density at radius 2 is 2.12 bits per heavy atom. The van der Waals surface area contributed by atoms with Crippen LogP contribution in [-0.4, -0.2) is 17.4 Å². The van der Waals surface area contributed by atoms with Gasteiger partial charge in [-0.3, -0.25) is 14.9 Å². The number of rotatable bonds is 5. The molecule has 0 aliphatic rings. The van der Waals surface area contributed by atoms with Gasteiger partial charge in [0.1, 0.15) is 0 Å². The standard InChI is InChI=1S/C12H14N2O3/c1-3-8-13-12(15)9(2)10-4-6-11(7-5-10)14(16)17/h3-7,9H,1,8H2,2H3,(H,13,15)/t9-/m0/s1. The number of nitrogens with one attached hydrogen (secondary N) is 1. The molecule has 0 aromatic heterocycles. The second-order valence-corrected chi connectivity index (χ2v) is 3.60. The van der Waals surface area contributed by atoms with Crippen molar-refractivity contribution in [3.05, 3.63) is 52.6 Å². The lowest BCUT2D eigenvalue weighted by molar-refractivity contribution is -0.384. The van der Waals surface area contributed by atoms with Crippen molar-refractivity contribution >= 4 is 11.6 Å². The maximum absolute atomic E-state index is 11.6. The molecule has 17 heavy (non-hydrogen) atoms. The van der Waals surface area contributed by atoms with Crippen LogP contribution in [0, 0.1) is 10.1 Å². The predicted octanol–water partition coefficient (Wildman–Crippen LogP) is 2.00. The van der Waals surface area contributed by atoms with Gasteiger partial charge in [0.05, 0.1) is 10.8 Å². The predicted molar refractivity (Wildman–Crippen MR) is 64.7 cm³/mol. The molecular weight excluding hydrogens is 220 g/mol. The first-order valence-corrected chi connectivity index (χ1v) is 5.19. The zero-order valence-electron chi connectivity index (χ0n) is 9.55. The van der Waals surface area contributed by atoms with E-state index in [0.717, 1.165) is 5.56 Å². The molecule has 1 rings (SSSR count). The van der Waals surface area contributed by atoms with Gasteiger partial charge in [-0.25, -0.2) is 0 Å². The minimum absolute atomic E-state index is 0.0208. The second kappa shape index (κ2) is 5.79. The topological polar surface area (TPSA) is 72.2 Å². The molecule has 0 heterocycles. The minimum atomic E-state index is -0.466. The molecule has 0 spiro atoms. The number of carbonyl (C=O) groups excluding carboxylic acids is 1. The summed E-state index contributed by atoms with van der Waals surface area (Å²) in [4.78, 5) is 21.6. The highest BCUT2D eigenvalue weighted by Crippen LogP contribution is 2.19. The van der Waals surface area contributed by atoms with E-state index >= 15 is 0 Å². The third-order valence-corrected chi connectivity index (χ3v) is 2.42. The molecule has 0 fully saturated rings. The van der Waals surface area contributed by atoms with E-state index in [0.29, 0.717) is 6.54 Å². The molecule has 0 aliphatic carbocycles. The molecule has 1 aromatic rings. The SMILES string of the molecule is C=CCNC(=O)[C@@H](C)c1ccc([N+](=O)[O-])cc1. The first kappa shape index (κ1) is 12.9. The molecule has 1 N–H and O–H groups in total. The molecule has 5 heteroatoms. The molecule has 0 unspecified atom stereocenters. The van der Waals surface area contributed by atoms with E-state index in [2.05, 4.69) is 11.9 Å². The molecule has 1 amide bonds. The largest absolute Gasteiger partial charge is 0.352 e. The fraction of sp³-hybridized carbons (Fsp3) is 0.250. The molecule has 0 aliphatic heterocycles. The summed E-state index contributed by atoms with van der Waals surface area (Å²) in [6.07, 6.45) is 1.60. The number of hydrogen-bond donors (Lipinski definition) is 1. The number of amides is 1. The number of benzene rings is 1. The summed E-state index contributed by atoms with van der Waals surface area (Å²) in [5.74, 6) is -0.463. The van der Waals surface area contributed by atoms with E-state index < -0.39 is 4.92 Å². The number of non-ortho nitro benzene ring substituents is 1. The summed E-state index contributed by atoms with van der Waals surface area (Å²) in [5, 5.41) is 13.1. The molecule has 0 bridgehead atoms. The summed E-state index contributed by atoms with van der Waals surface area (Å²) < 4.78 is 0. The molecule has 1 atom stereocenters. The molecular formula is C12H14N2O3. The van der Waals surface area contributed by atoms with Crippen LogP contribution in [-0.2, 0) is 4.79 Å². The number of nitrogens with zero attached hydrogens (tertiary/aromatic N) is 1. The zero-order valence-corrected chi connectivity index (χ0v) is 9.55. The van der Waals surface area contributed by atoms with Crippen LogP contribution < -0.4 is 5.32 Å². The average Bonchev–Trinajstić information content (AvgIpc) is 2.35. The summed E-state index contributed by atoms with van der Waals surface area (Å²) in [6.45, 7) is 5.67. The van der Waals surface area contributed by atoms with Crippen molar-refractivity contribution in [1.29, 1.82) is 0 Å². The molecule has 0 saturated carbocycles. The van der Waals surface area contributed by atoms with Crippen molar-refractivity contribution in [3.8, 4) is 0 Å². The lowest BCUT2D eigenvalue weighted by atomic mass is 10.0. The van der Waals surface area contributed by atoms with E-state index in [1.165, 1.54) is 12.1 Å². The Bertz CT molecular complexity index is 426. The fourth-order valence-electron chi connectivity index (χ4n) is 1.36. The normalized spacial score (nSPS) is 11.6. The van der Waals surface area contributed by atoms with Crippen molar-refractivity contribution in [2.45, 2.75) is 12.8 Å². The summed E-state index contributed by atoms with van der Waals surface area (Å²) >= 11 is 0. The smallest absolute Gasteiger partial charge is 0.269 e. The number of nitro groups is 1. The Kier molecular flexibility index (Phi) is 4.39. The van der Waals surface area contributed by atoms with Gasteiger partial charge in [0, 0.05) is 18.7 Å². The maximum Gasteiger partial charge on any atom is 0.269 e. The van der Waals surface area contributed by atoms with Crippen molar-refractivity contribution in [3.63, 3.8) is 0 Å². The quantitative estimate of drug-likeness (QED) is 0.481. The Morgan fingerprint density at radius 1 is 1.53 bits per heavy atom. The molecule has 90 valence electrons. The van der Waals surface area contributed by atoms with E-state index in [1.807, 2.05) is 0 Å². The highest BCUT2D eigenvalue weighted by molar-refractivity contribution is 5.83. The Labute approximate surface area is 99.3 Å². The third-order valence-electron chi connectivity index (χ3n) is 2.42. The second-order valence-electron chi connectivity index (χ2n) is 3.60. The van der Waals surface area contributed by atoms with Crippen molar-refractivity contribution in [1.82, 2.24) is 5.32 Å². The van der Waals surface area contributed by atoms with Gasteiger partial charge < -0.3 is 5.32 Å². The van der Waals surface area contributed by atoms with Crippen molar-refractivity contribution < 1.29 is 9.72 Å². The van der Waals surface area contributed by atoms with E-state index in [1.54, 1.807) is 25.1 Å². The van der Waals surface area contributed by atoms with Gasteiger partial charge in [0.15, 0.2) is 0 Å². The molecule has 0 radical (unpaired) electrons. The minimum Gasteiger partial charge on any atom is -0.352 e. The van der Waals surface area contributed by atoms with E-state index in [-0.39, 0.29) is 17.5 Å². The van der Waals surface area contributed by atoms with Crippen LogP contribution in [0.5, 0.6) is 0 Å². The Morgan fingerprint density at radius 3 is 2.59 bits per heavy atom. The molecule has 5 nitrogen and oxygen atoms in total. The molecule has 1 aromatic carbocycles. The van der Waals surface area contributed by atoms with Crippen LogP contribution in [0.3, 0.4) is 0 Å². The van der Waals surface area contributed by atoms with Crippen LogP contribution in [0.2, 0.25) is 0 Å². The summed E-state index contributed by atoms with van der Waals surface area (Å²) in [5.41, 5.74) is 0.768. The molecule has 0 saturated heterocycles. The Hall–Kier alpha value is -2.17. The van der Waals surface area contributed by atoms with Crippen molar-refractivity contribution in [2.24, 2.45) is 0 Å². The third kappa shape index (κ3) is 3.41. The monoisotopic (exact) mass is 234 g/mol. The maximum atomic E-state index is 11.6. The zero-order chi connectivity index (χ0) is 12.8. The van der Waals surface area contributed by atoms with E-state index in [9.17, 15) is 14.9 Å². The van der Waals surface area contributed by atoms with Gasteiger partial charge in [-0.05, 0) is 12.5 Å². The lowest BCUT2D eigenvalue weighted by Gasteiger charge is -2.11. The van der Waals surface area contributed by atoms with Gasteiger partial charge in [-0.15, -0.1) is 6.58 Å². The highest BCUT2D eigenvalue weighted by Gasteiger charge is 2.15. The summed E-state index contributed by atoms with van der Waals surface area (Å²) in [6, 6.07) is 5.98. The van der Waals surface area contributed by atoms with Crippen LogP contribution in [0.25, 0.3) is 0 Å². The Balaban J connectivity index is 2.75. The van der Waals surface area contributed by atoms with Crippen LogP contribution in [0.1, 0.15) is 18.4 Å². The van der Waals surface area contributed by atoms with Gasteiger partial charge in [-0.2, -0.15) is 0 Å². The van der Waals surface area contributed by atoms with Gasteiger partial charge in [-0.1, -0.05) is 18.2 Å². The van der Waals surface area contributed by atoms with Crippen LogP contribution in [0.4, 0.5) is 5.69 Å². The first-order chi connectivity index (χ1) is 8.06. The summed E-state index contributed by atoms with van der Waals surface area (Å²) in [7, 11) is 0. The van der Waals surface area contributed by atoms with Crippen LogP contribution in [0.15, 0.2) is 36.9 Å². The number of hydrogen-bond acceptors (Lipinski definition) is 3. The van der Waals surface area contributed by atoms with Gasteiger partial charge >= 0.3 is 0 Å². The van der Waals surface area contributed by atoms with Crippen LogP contribution >= 0.6 is 0 Å². The van der Waals surface area contributed by atoms with Gasteiger partial charge in [0.2, 0.25) is 5.91 Å². The average molecular weight is 234 g/mol. The number of nitro benzene ring substituents is 1. The van der Waals surface area contributed by atoms with Gasteiger partial charge in [0.25, 0.3) is 5.69 Å². The lowest BCUT2D eigenvalue weighted by Crippen LogP contribution is -2.27. The van der Waals surface area contributed by atoms with Crippen molar-refractivity contribution in [2.75, 3.05) is 6.54 Å². The highest BCUT2D eigenvalue weighted by atomic mass is 16.6. The number of carbonyl (C=O) groups is 1. The fourth-order valence-corrected chi connectivity index (χ4v) is 1.36. The first-order valence-electron chi connectivity index (χ1n) is 5.19.